The van der Waals surface area contributed by atoms with Gasteiger partial charge in [0.15, 0.2) is 5.13 Å². The summed E-state index contributed by atoms with van der Waals surface area (Å²) in [5, 5.41) is 14.3. The molecule has 1 saturated heterocycles. The first-order chi connectivity index (χ1) is 13.4. The zero-order valence-electron chi connectivity index (χ0n) is 16.9. The molecule has 4 rings (SSSR count). The largest absolute Gasteiger partial charge is 0.478 e. The van der Waals surface area contributed by atoms with E-state index in [2.05, 4.69) is 24.1 Å². The van der Waals surface area contributed by atoms with Crippen molar-refractivity contribution < 1.29 is 9.90 Å². The third kappa shape index (κ3) is 3.72. The topological polar surface area (TPSA) is 65.5 Å². The number of aryl methyl sites for hydroxylation is 1. The highest BCUT2D eigenvalue weighted by molar-refractivity contribution is 7.24. The monoisotopic (exact) mass is 419 g/mol. The predicted octanol–water partition coefficient (Wildman–Crippen LogP) is 4.79. The van der Waals surface area contributed by atoms with E-state index in [4.69, 9.17) is 4.98 Å². The van der Waals surface area contributed by atoms with Gasteiger partial charge >= 0.3 is 5.97 Å². The van der Waals surface area contributed by atoms with Crippen molar-refractivity contribution in [2.45, 2.75) is 58.9 Å². The van der Waals surface area contributed by atoms with Crippen LogP contribution in [0.15, 0.2) is 0 Å². The summed E-state index contributed by atoms with van der Waals surface area (Å²) in [5.74, 6) is -0.798. The van der Waals surface area contributed by atoms with Crippen molar-refractivity contribution in [3.05, 3.63) is 21.7 Å². The fourth-order valence-electron chi connectivity index (χ4n) is 4.33. The average molecular weight is 420 g/mol. The lowest BCUT2D eigenvalue weighted by Crippen LogP contribution is -2.29. The maximum absolute atomic E-state index is 12.3. The Balaban J connectivity index is 1.81. The molecule has 0 atom stereocenters. The molecule has 2 aromatic rings. The molecular weight excluding hydrogens is 390 g/mol. The van der Waals surface area contributed by atoms with E-state index in [1.54, 1.807) is 22.7 Å². The van der Waals surface area contributed by atoms with Crippen molar-refractivity contribution in [2.75, 3.05) is 25.0 Å². The summed E-state index contributed by atoms with van der Waals surface area (Å²) in [6.45, 7) is 7.24. The lowest BCUT2D eigenvalue weighted by molar-refractivity contribution is 0.0696. The molecule has 0 bridgehead atoms. The van der Waals surface area contributed by atoms with E-state index < -0.39 is 5.97 Å². The number of aromatic nitrogens is 1. The number of thiophene rings is 1. The summed E-state index contributed by atoms with van der Waals surface area (Å²) < 4.78 is 0. The normalized spacial score (nSPS) is 18.9. The van der Waals surface area contributed by atoms with Gasteiger partial charge in [-0.3, -0.25) is 0 Å². The molecule has 0 spiro atoms. The molecule has 7 heteroatoms. The van der Waals surface area contributed by atoms with Crippen LogP contribution in [0, 0.1) is 5.41 Å². The number of rotatable bonds is 5. The smallest absolute Gasteiger partial charge is 0.337 e. The molecule has 0 saturated carbocycles. The molecule has 3 heterocycles. The van der Waals surface area contributed by atoms with Gasteiger partial charge in [0.1, 0.15) is 0 Å². The molecule has 1 fully saturated rings. The van der Waals surface area contributed by atoms with Crippen LogP contribution in [0.25, 0.3) is 9.75 Å². The SMILES string of the molecule is CNCc1nc(N2CCCCC2)sc1-c1sc2c(c1C(=O)O)CC(C)(C)CC2. The van der Waals surface area contributed by atoms with Gasteiger partial charge in [-0.05, 0) is 56.6 Å². The number of carboxylic acids is 1. The number of thiazole rings is 1. The van der Waals surface area contributed by atoms with Gasteiger partial charge in [0.05, 0.1) is 21.0 Å². The number of carboxylic acid groups (broad SMARTS) is 1. The first kappa shape index (κ1) is 19.9. The molecule has 0 amide bonds. The lowest BCUT2D eigenvalue weighted by Gasteiger charge is -2.29. The highest BCUT2D eigenvalue weighted by Crippen LogP contribution is 2.48. The Kier molecular flexibility index (Phi) is 5.51. The van der Waals surface area contributed by atoms with Crippen LogP contribution in [0.1, 0.15) is 66.0 Å². The Morgan fingerprint density at radius 3 is 2.64 bits per heavy atom. The Morgan fingerprint density at radius 2 is 1.96 bits per heavy atom. The first-order valence-corrected chi connectivity index (χ1v) is 11.8. The minimum absolute atomic E-state index is 0.163. The van der Waals surface area contributed by atoms with Crippen LogP contribution >= 0.6 is 22.7 Å². The zero-order chi connectivity index (χ0) is 19.9. The maximum Gasteiger partial charge on any atom is 0.337 e. The van der Waals surface area contributed by atoms with Crippen LogP contribution in [0.3, 0.4) is 0 Å². The number of aromatic carboxylic acids is 1. The summed E-state index contributed by atoms with van der Waals surface area (Å²) in [6, 6.07) is 0. The van der Waals surface area contributed by atoms with Gasteiger partial charge in [0, 0.05) is 24.5 Å². The highest BCUT2D eigenvalue weighted by atomic mass is 32.1. The second-order valence-corrected chi connectivity index (χ2v) is 10.8. The number of carbonyl (C=O) groups is 1. The summed E-state index contributed by atoms with van der Waals surface area (Å²) in [6.07, 6.45) is 6.64. The van der Waals surface area contributed by atoms with Gasteiger partial charge in [-0.25, -0.2) is 9.78 Å². The molecule has 28 heavy (non-hydrogen) atoms. The van der Waals surface area contributed by atoms with Gasteiger partial charge in [0.25, 0.3) is 0 Å². The van der Waals surface area contributed by atoms with E-state index in [1.165, 1.54) is 24.1 Å². The minimum Gasteiger partial charge on any atom is -0.478 e. The number of piperidine rings is 1. The molecule has 0 unspecified atom stereocenters. The standard InChI is InChI=1S/C21H29N3O2S2/c1-21(2)8-7-15-13(11-21)16(19(25)26)18(27-15)17-14(12-22-3)23-20(28-17)24-9-5-4-6-10-24/h22H,4-12H2,1-3H3,(H,25,26). The number of hydrogen-bond donors (Lipinski definition) is 2. The van der Waals surface area contributed by atoms with Crippen LogP contribution in [0.5, 0.6) is 0 Å². The van der Waals surface area contributed by atoms with E-state index in [9.17, 15) is 9.90 Å². The van der Waals surface area contributed by atoms with Crippen LogP contribution in [0.4, 0.5) is 5.13 Å². The lowest BCUT2D eigenvalue weighted by atomic mass is 9.76. The molecule has 2 N–H and O–H groups in total. The fraction of sp³-hybridized carbons (Fsp3) is 0.619. The molecule has 5 nitrogen and oxygen atoms in total. The number of fused-ring (bicyclic) bond motifs is 1. The fourth-order valence-corrected chi connectivity index (χ4v) is 6.93. The van der Waals surface area contributed by atoms with E-state index in [1.807, 2.05) is 7.05 Å². The van der Waals surface area contributed by atoms with E-state index in [-0.39, 0.29) is 5.41 Å². The average Bonchev–Trinajstić information content (AvgIpc) is 3.23. The van der Waals surface area contributed by atoms with Gasteiger partial charge in [0.2, 0.25) is 0 Å². The van der Waals surface area contributed by atoms with Crippen molar-refractivity contribution in [1.82, 2.24) is 10.3 Å². The quantitative estimate of drug-likeness (QED) is 0.729. The summed E-state index contributed by atoms with van der Waals surface area (Å²) in [4.78, 5) is 22.8. The summed E-state index contributed by atoms with van der Waals surface area (Å²) in [7, 11) is 1.92. The molecule has 0 aromatic carbocycles. The third-order valence-electron chi connectivity index (χ3n) is 5.85. The Bertz CT molecular complexity index is 879. The molecule has 2 aromatic heterocycles. The van der Waals surface area contributed by atoms with Crippen molar-refractivity contribution >= 4 is 33.8 Å². The minimum atomic E-state index is -0.798. The molecule has 1 aliphatic heterocycles. The Hall–Kier alpha value is -1.44. The van der Waals surface area contributed by atoms with Crippen LogP contribution in [-0.4, -0.2) is 36.2 Å². The predicted molar refractivity (Wildman–Crippen MR) is 117 cm³/mol. The van der Waals surface area contributed by atoms with Crippen molar-refractivity contribution in [3.8, 4) is 9.75 Å². The zero-order valence-corrected chi connectivity index (χ0v) is 18.6. The van der Waals surface area contributed by atoms with Gasteiger partial charge in [-0.2, -0.15) is 0 Å². The maximum atomic E-state index is 12.3. The second kappa shape index (κ2) is 7.76. The highest BCUT2D eigenvalue weighted by Gasteiger charge is 2.34. The van der Waals surface area contributed by atoms with Crippen molar-refractivity contribution in [1.29, 1.82) is 0 Å². The molecule has 152 valence electrons. The van der Waals surface area contributed by atoms with Gasteiger partial charge in [-0.1, -0.05) is 25.2 Å². The van der Waals surface area contributed by atoms with Crippen molar-refractivity contribution in [3.63, 3.8) is 0 Å². The first-order valence-electron chi connectivity index (χ1n) is 10.2. The summed E-state index contributed by atoms with van der Waals surface area (Å²) >= 11 is 3.36. The van der Waals surface area contributed by atoms with Crippen LogP contribution < -0.4 is 10.2 Å². The van der Waals surface area contributed by atoms with Crippen molar-refractivity contribution in [2.24, 2.45) is 5.41 Å². The molecule has 1 aliphatic carbocycles. The van der Waals surface area contributed by atoms with Crippen LogP contribution in [-0.2, 0) is 19.4 Å². The number of nitrogens with one attached hydrogen (secondary N) is 1. The molecule has 0 radical (unpaired) electrons. The Labute approximate surface area is 174 Å². The number of nitrogens with zero attached hydrogens (tertiary/aromatic N) is 2. The van der Waals surface area contributed by atoms with E-state index in [0.717, 1.165) is 58.5 Å². The second-order valence-electron chi connectivity index (χ2n) is 8.70. The number of hydrogen-bond acceptors (Lipinski definition) is 6. The number of anilines is 1. The molecular formula is C21H29N3O2S2. The van der Waals surface area contributed by atoms with Gasteiger partial charge < -0.3 is 15.3 Å². The summed E-state index contributed by atoms with van der Waals surface area (Å²) in [5.41, 5.74) is 2.73. The van der Waals surface area contributed by atoms with Gasteiger partial charge in [-0.15, -0.1) is 11.3 Å². The Morgan fingerprint density at radius 1 is 1.21 bits per heavy atom. The third-order valence-corrected chi connectivity index (χ3v) is 8.47. The van der Waals surface area contributed by atoms with Crippen LogP contribution in [0.2, 0.25) is 0 Å². The van der Waals surface area contributed by atoms with E-state index in [0.29, 0.717) is 12.1 Å². The van der Waals surface area contributed by atoms with E-state index >= 15 is 0 Å². The molecule has 2 aliphatic rings.